The average molecular weight is 508 g/mol. The van der Waals surface area contributed by atoms with Gasteiger partial charge in [0.05, 0.1) is 0 Å². The van der Waals surface area contributed by atoms with Crippen LogP contribution in [0.25, 0.3) is 0 Å². The van der Waals surface area contributed by atoms with Gasteiger partial charge in [-0.05, 0) is 59.2 Å². The van der Waals surface area contributed by atoms with Crippen molar-refractivity contribution in [3.63, 3.8) is 0 Å². The molecule has 0 atom stereocenters. The molecule has 2 saturated carbocycles. The summed E-state index contributed by atoms with van der Waals surface area (Å²) in [4.78, 5) is 0. The third kappa shape index (κ3) is 12.8. The summed E-state index contributed by atoms with van der Waals surface area (Å²) in [5.74, 6) is 9.35. The standard InChI is InChI=1S/2C10H20.4CHO.2Fe/c2*1-6-7(2)9(4)10(5)8(6)3;4*1-2;;/h2*6-10H,1-5H3;4*1H;;/q;;4*+1;;. The Balaban J connectivity index is -0.0000000686. The zero-order chi connectivity index (χ0) is 23.8. The van der Waals surface area contributed by atoms with Gasteiger partial charge < -0.3 is 0 Å². The van der Waals surface area contributed by atoms with Gasteiger partial charge in [0.15, 0.2) is 0 Å². The second-order valence-electron chi connectivity index (χ2n) is 8.59. The molecule has 0 saturated heterocycles. The Kier molecular flexibility index (Phi) is 36.9. The van der Waals surface area contributed by atoms with Gasteiger partial charge in [0.1, 0.15) is 0 Å². The van der Waals surface area contributed by atoms with E-state index in [-0.39, 0.29) is 34.1 Å². The molecule has 2 rings (SSSR count). The summed E-state index contributed by atoms with van der Waals surface area (Å²) in [6.07, 6.45) is 0. The molecule has 0 unspecified atom stereocenters. The van der Waals surface area contributed by atoms with E-state index in [0.29, 0.717) is 0 Å². The predicted molar refractivity (Wildman–Crippen MR) is 114 cm³/mol. The van der Waals surface area contributed by atoms with Crippen molar-refractivity contribution in [3.8, 4) is 26.6 Å². The van der Waals surface area contributed by atoms with Crippen molar-refractivity contribution < 1.29 is 52.7 Å². The molecular weight excluding hydrogens is 464 g/mol. The van der Waals surface area contributed by atoms with Crippen molar-refractivity contribution >= 4 is 0 Å². The number of rotatable bonds is 0. The van der Waals surface area contributed by atoms with E-state index in [1.807, 2.05) is 0 Å². The first-order chi connectivity index (χ1) is 13.1. The van der Waals surface area contributed by atoms with E-state index >= 15 is 0 Å². The Morgan fingerprint density at radius 3 is 0.333 bits per heavy atom. The predicted octanol–water partition coefficient (Wildman–Crippen LogP) is 6.38. The van der Waals surface area contributed by atoms with Crippen LogP contribution < -0.4 is 0 Å². The molecule has 0 bridgehead atoms. The van der Waals surface area contributed by atoms with Gasteiger partial charge in [-0.15, -0.1) is 0 Å². The van der Waals surface area contributed by atoms with Crippen LogP contribution in [0, 0.1) is 85.8 Å². The summed E-state index contributed by atoms with van der Waals surface area (Å²) in [5.41, 5.74) is 0. The summed E-state index contributed by atoms with van der Waals surface area (Å²) >= 11 is 0. The zero-order valence-electron chi connectivity index (χ0n) is 20.4. The Morgan fingerprint density at radius 1 is 0.267 bits per heavy atom. The Bertz CT molecular complexity index is 317. The Labute approximate surface area is 207 Å². The molecule has 176 valence electrons. The van der Waals surface area contributed by atoms with E-state index in [4.69, 9.17) is 18.6 Å². The van der Waals surface area contributed by atoms with Gasteiger partial charge in [0, 0.05) is 34.1 Å². The van der Waals surface area contributed by atoms with Gasteiger partial charge >= 0.3 is 45.2 Å². The maximum absolute atomic E-state index is 7.75. The number of hydrogen-bond acceptors (Lipinski definition) is 0. The third-order valence-corrected chi connectivity index (χ3v) is 8.29. The molecule has 2 fully saturated rings. The van der Waals surface area contributed by atoms with Gasteiger partial charge in [-0.2, -0.15) is 0 Å². The van der Waals surface area contributed by atoms with E-state index in [2.05, 4.69) is 95.8 Å². The largest absolute Gasteiger partial charge is 0.0620 e. The van der Waals surface area contributed by atoms with Crippen molar-refractivity contribution in [2.24, 2.45) is 59.2 Å². The SMILES string of the molecule is C#[O+].C#[O+].C#[O+].C#[O+].CC1C(C)C(C)C(C)C1C.CC1C(C)C(C)C(C)C1C.[Fe].[Fe]. The Hall–Kier alpha value is -0.00104. The molecule has 2 aliphatic rings. The summed E-state index contributed by atoms with van der Waals surface area (Å²) in [6, 6.07) is 0. The zero-order valence-corrected chi connectivity index (χ0v) is 22.6. The minimum atomic E-state index is 0. The van der Waals surface area contributed by atoms with Crippen LogP contribution >= 0.6 is 0 Å². The fourth-order valence-corrected chi connectivity index (χ4v) is 4.79. The summed E-state index contributed by atoms with van der Waals surface area (Å²) in [7, 11) is 0. The first-order valence-corrected chi connectivity index (χ1v) is 10.0. The monoisotopic (exact) mass is 508 g/mol. The molecule has 0 aromatic carbocycles. The molecule has 0 spiro atoms. The van der Waals surface area contributed by atoms with Gasteiger partial charge in [0.2, 0.25) is 0 Å². The average Bonchev–Trinajstić information content (AvgIpc) is 3.04. The first kappa shape index (κ1) is 43.8. The molecule has 0 heterocycles. The smallest absolute Gasteiger partial charge is 0 e. The second kappa shape index (κ2) is 25.3. The topological polar surface area (TPSA) is 79.6 Å². The molecule has 0 aliphatic heterocycles. The van der Waals surface area contributed by atoms with Crippen molar-refractivity contribution in [3.05, 3.63) is 0 Å². The minimum Gasteiger partial charge on any atom is -0.0620 e. The van der Waals surface area contributed by atoms with Gasteiger partial charge in [-0.1, -0.05) is 69.2 Å². The Morgan fingerprint density at radius 2 is 0.300 bits per heavy atom. The minimum absolute atomic E-state index is 0. The molecule has 0 aromatic rings. The van der Waals surface area contributed by atoms with Crippen molar-refractivity contribution in [1.29, 1.82) is 0 Å². The summed E-state index contributed by atoms with van der Waals surface area (Å²) in [6.45, 7) is 37.0. The fraction of sp³-hybridized carbons (Fsp3) is 0.833. The molecule has 30 heavy (non-hydrogen) atoms. The van der Waals surface area contributed by atoms with Gasteiger partial charge in [-0.25, -0.2) is 0 Å². The first-order valence-electron chi connectivity index (χ1n) is 10.0. The normalized spacial score (nSPS) is 37.3. The van der Waals surface area contributed by atoms with Crippen LogP contribution in [0.15, 0.2) is 0 Å². The van der Waals surface area contributed by atoms with Crippen LogP contribution in [-0.4, -0.2) is 0 Å². The molecule has 6 heteroatoms. The van der Waals surface area contributed by atoms with E-state index in [0.717, 1.165) is 59.2 Å². The molecule has 0 radical (unpaired) electrons. The van der Waals surface area contributed by atoms with E-state index in [1.165, 1.54) is 0 Å². The van der Waals surface area contributed by atoms with Crippen LogP contribution in [-0.2, 0) is 52.7 Å². The van der Waals surface area contributed by atoms with E-state index < -0.39 is 0 Å². The molecule has 0 N–H and O–H groups in total. The van der Waals surface area contributed by atoms with Crippen molar-refractivity contribution in [2.75, 3.05) is 0 Å². The van der Waals surface area contributed by atoms with E-state index in [1.54, 1.807) is 0 Å². The molecule has 2 aliphatic carbocycles. The van der Waals surface area contributed by atoms with Crippen LogP contribution in [0.2, 0.25) is 0 Å². The fourth-order valence-electron chi connectivity index (χ4n) is 4.79. The van der Waals surface area contributed by atoms with E-state index in [9.17, 15) is 0 Å². The maximum atomic E-state index is 7.75. The molecule has 4 nitrogen and oxygen atoms in total. The van der Waals surface area contributed by atoms with Gasteiger partial charge in [-0.3, -0.25) is 0 Å². The van der Waals surface area contributed by atoms with Crippen LogP contribution in [0.4, 0.5) is 0 Å². The third-order valence-electron chi connectivity index (χ3n) is 8.29. The molecule has 0 amide bonds. The van der Waals surface area contributed by atoms with Crippen molar-refractivity contribution in [2.45, 2.75) is 69.2 Å². The quantitative estimate of drug-likeness (QED) is 0.269. The molecular formula is C24H44Fe2O4+4. The van der Waals surface area contributed by atoms with Crippen LogP contribution in [0.3, 0.4) is 0 Å². The van der Waals surface area contributed by atoms with Crippen LogP contribution in [0.5, 0.6) is 0 Å². The van der Waals surface area contributed by atoms with Crippen molar-refractivity contribution in [1.82, 2.24) is 0 Å². The second-order valence-corrected chi connectivity index (χ2v) is 8.59. The maximum Gasteiger partial charge on any atom is 0 e. The summed E-state index contributed by atoms with van der Waals surface area (Å²) in [5, 5.41) is 0. The van der Waals surface area contributed by atoms with Crippen LogP contribution in [0.1, 0.15) is 69.2 Å². The number of hydrogen-bond donors (Lipinski definition) is 0. The molecule has 0 aromatic heterocycles. The summed E-state index contributed by atoms with van der Waals surface area (Å²) < 4.78 is 31.0. The van der Waals surface area contributed by atoms with Gasteiger partial charge in [0.25, 0.3) is 0 Å².